The topological polar surface area (TPSA) is 42.6 Å². The standard InChI is InChI=1S/C24H28N4O/c1-18(29)28-17-20(22-4-2-3-5-24(22)28)9-11-26-12-14-27(15-13-26)21-6-7-23-19(16-21)8-10-25-23/h2-8,10,16,20,25H,9,11-15,17H2,1H3. The molecule has 1 fully saturated rings. The minimum Gasteiger partial charge on any atom is -0.369 e. The van der Waals surface area contributed by atoms with E-state index in [2.05, 4.69) is 57.2 Å². The van der Waals surface area contributed by atoms with E-state index in [0.29, 0.717) is 5.92 Å². The first-order valence-corrected chi connectivity index (χ1v) is 10.6. The van der Waals surface area contributed by atoms with Crippen LogP contribution < -0.4 is 9.80 Å². The van der Waals surface area contributed by atoms with Crippen LogP contribution in [-0.2, 0) is 4.79 Å². The molecular weight excluding hydrogens is 360 g/mol. The fraction of sp³-hybridized carbons (Fsp3) is 0.375. The van der Waals surface area contributed by atoms with Crippen molar-refractivity contribution >= 4 is 28.2 Å². The Kier molecular flexibility index (Phi) is 4.76. The van der Waals surface area contributed by atoms with Crippen molar-refractivity contribution in [2.24, 2.45) is 0 Å². The maximum atomic E-state index is 12.0. The third-order valence-corrected chi connectivity index (χ3v) is 6.52. The number of nitrogens with zero attached hydrogens (tertiary/aromatic N) is 3. The lowest BCUT2D eigenvalue weighted by Gasteiger charge is -2.36. The van der Waals surface area contributed by atoms with E-state index < -0.39 is 0 Å². The van der Waals surface area contributed by atoms with Gasteiger partial charge in [-0.2, -0.15) is 0 Å². The van der Waals surface area contributed by atoms with Crippen LogP contribution in [0.1, 0.15) is 24.8 Å². The molecule has 5 nitrogen and oxygen atoms in total. The predicted molar refractivity (Wildman–Crippen MR) is 119 cm³/mol. The Bertz CT molecular complexity index is 1020. The summed E-state index contributed by atoms with van der Waals surface area (Å²) in [5.74, 6) is 0.595. The molecule has 1 amide bonds. The summed E-state index contributed by atoms with van der Waals surface area (Å²) >= 11 is 0. The molecule has 1 saturated heterocycles. The van der Waals surface area contributed by atoms with Crippen molar-refractivity contribution < 1.29 is 4.79 Å². The number of piperazine rings is 1. The molecule has 150 valence electrons. The van der Waals surface area contributed by atoms with Gasteiger partial charge in [0.2, 0.25) is 5.91 Å². The molecule has 0 bridgehead atoms. The van der Waals surface area contributed by atoms with Gasteiger partial charge in [-0.3, -0.25) is 9.69 Å². The molecular formula is C24H28N4O. The highest BCUT2D eigenvalue weighted by Gasteiger charge is 2.30. The number of rotatable bonds is 4. The monoisotopic (exact) mass is 388 g/mol. The van der Waals surface area contributed by atoms with Crippen molar-refractivity contribution in [2.45, 2.75) is 19.3 Å². The van der Waals surface area contributed by atoms with E-state index in [-0.39, 0.29) is 5.91 Å². The van der Waals surface area contributed by atoms with E-state index in [1.54, 1.807) is 6.92 Å². The number of amides is 1. The molecule has 0 radical (unpaired) electrons. The quantitative estimate of drug-likeness (QED) is 0.739. The van der Waals surface area contributed by atoms with E-state index in [0.717, 1.165) is 51.4 Å². The molecule has 1 atom stereocenters. The second kappa shape index (κ2) is 7.56. The molecule has 5 rings (SSSR count). The van der Waals surface area contributed by atoms with Crippen molar-refractivity contribution in [1.29, 1.82) is 0 Å². The van der Waals surface area contributed by atoms with E-state index in [9.17, 15) is 4.79 Å². The molecule has 0 saturated carbocycles. The SMILES string of the molecule is CC(=O)N1CC(CCN2CCN(c3ccc4[nH]ccc4c3)CC2)c2ccccc21. The molecule has 2 aromatic carbocycles. The summed E-state index contributed by atoms with van der Waals surface area (Å²) in [7, 11) is 0. The van der Waals surface area contributed by atoms with Crippen molar-refractivity contribution in [1.82, 2.24) is 9.88 Å². The van der Waals surface area contributed by atoms with Crippen LogP contribution in [0.2, 0.25) is 0 Å². The third-order valence-electron chi connectivity index (χ3n) is 6.52. The molecule has 2 aliphatic rings. The molecule has 0 aliphatic carbocycles. The number of aromatic amines is 1. The van der Waals surface area contributed by atoms with Crippen LogP contribution in [0.5, 0.6) is 0 Å². The summed E-state index contributed by atoms with van der Waals surface area (Å²) in [5, 5.41) is 1.28. The third kappa shape index (κ3) is 3.51. The van der Waals surface area contributed by atoms with E-state index in [4.69, 9.17) is 0 Å². The largest absolute Gasteiger partial charge is 0.369 e. The number of carbonyl (C=O) groups excluding carboxylic acids is 1. The predicted octanol–water partition coefficient (Wildman–Crippen LogP) is 3.83. The Morgan fingerprint density at radius 1 is 1.07 bits per heavy atom. The minimum atomic E-state index is 0.146. The molecule has 5 heteroatoms. The minimum absolute atomic E-state index is 0.146. The summed E-state index contributed by atoms with van der Waals surface area (Å²) in [4.78, 5) is 22.3. The second-order valence-corrected chi connectivity index (χ2v) is 8.25. The first-order valence-electron chi connectivity index (χ1n) is 10.6. The summed E-state index contributed by atoms with van der Waals surface area (Å²) in [6, 6.07) is 17.2. The Hall–Kier alpha value is -2.79. The lowest BCUT2D eigenvalue weighted by Crippen LogP contribution is -2.46. The van der Waals surface area contributed by atoms with Crippen LogP contribution in [0.4, 0.5) is 11.4 Å². The van der Waals surface area contributed by atoms with Crippen LogP contribution in [0, 0.1) is 0 Å². The van der Waals surface area contributed by atoms with Crippen molar-refractivity contribution in [3.8, 4) is 0 Å². The maximum absolute atomic E-state index is 12.0. The van der Waals surface area contributed by atoms with E-state index in [1.165, 1.54) is 22.2 Å². The maximum Gasteiger partial charge on any atom is 0.223 e. The fourth-order valence-corrected chi connectivity index (χ4v) is 4.85. The zero-order valence-corrected chi connectivity index (χ0v) is 17.0. The van der Waals surface area contributed by atoms with Gasteiger partial charge in [0.1, 0.15) is 0 Å². The zero-order valence-electron chi connectivity index (χ0n) is 17.0. The first kappa shape index (κ1) is 18.3. The number of anilines is 2. The van der Waals surface area contributed by atoms with Gasteiger partial charge in [0.25, 0.3) is 0 Å². The average Bonchev–Trinajstić information content (AvgIpc) is 3.37. The van der Waals surface area contributed by atoms with Crippen LogP contribution in [0.15, 0.2) is 54.7 Å². The van der Waals surface area contributed by atoms with Gasteiger partial charge in [0.15, 0.2) is 0 Å². The van der Waals surface area contributed by atoms with Gasteiger partial charge < -0.3 is 14.8 Å². The number of nitrogens with one attached hydrogen (secondary N) is 1. The van der Waals surface area contributed by atoms with E-state index in [1.807, 2.05) is 17.2 Å². The van der Waals surface area contributed by atoms with Crippen molar-refractivity contribution in [3.63, 3.8) is 0 Å². The number of para-hydroxylation sites is 1. The Morgan fingerprint density at radius 2 is 1.90 bits per heavy atom. The highest BCUT2D eigenvalue weighted by molar-refractivity contribution is 5.94. The lowest BCUT2D eigenvalue weighted by molar-refractivity contribution is -0.116. The van der Waals surface area contributed by atoms with Crippen LogP contribution >= 0.6 is 0 Å². The fourth-order valence-electron chi connectivity index (χ4n) is 4.85. The molecule has 3 heterocycles. The van der Waals surface area contributed by atoms with Gasteiger partial charge >= 0.3 is 0 Å². The van der Waals surface area contributed by atoms with Gasteiger partial charge in [-0.15, -0.1) is 0 Å². The van der Waals surface area contributed by atoms with Gasteiger partial charge in [-0.1, -0.05) is 18.2 Å². The van der Waals surface area contributed by atoms with Crippen LogP contribution in [0.3, 0.4) is 0 Å². The molecule has 1 aromatic heterocycles. The number of carbonyl (C=O) groups is 1. The molecule has 29 heavy (non-hydrogen) atoms. The Balaban J connectivity index is 1.18. The number of hydrogen-bond donors (Lipinski definition) is 1. The lowest BCUT2D eigenvalue weighted by atomic mass is 9.97. The molecule has 3 aromatic rings. The van der Waals surface area contributed by atoms with E-state index >= 15 is 0 Å². The normalized spacial score (nSPS) is 19.7. The molecule has 2 aliphatic heterocycles. The average molecular weight is 389 g/mol. The molecule has 0 spiro atoms. The van der Waals surface area contributed by atoms with Gasteiger partial charge in [0.05, 0.1) is 0 Å². The summed E-state index contributed by atoms with van der Waals surface area (Å²) in [5.41, 5.74) is 4.96. The van der Waals surface area contributed by atoms with Crippen molar-refractivity contribution in [2.75, 3.05) is 49.1 Å². The van der Waals surface area contributed by atoms with Gasteiger partial charge in [0, 0.05) is 74.0 Å². The summed E-state index contributed by atoms with van der Waals surface area (Å²) < 4.78 is 0. The zero-order chi connectivity index (χ0) is 19.8. The molecule has 1 unspecified atom stereocenters. The first-order chi connectivity index (χ1) is 14.2. The number of hydrogen-bond acceptors (Lipinski definition) is 3. The highest BCUT2D eigenvalue weighted by Crippen LogP contribution is 2.38. The Morgan fingerprint density at radius 3 is 2.72 bits per heavy atom. The summed E-state index contributed by atoms with van der Waals surface area (Å²) in [6.07, 6.45) is 3.11. The van der Waals surface area contributed by atoms with Crippen LogP contribution in [0.25, 0.3) is 10.9 Å². The number of aromatic nitrogens is 1. The number of H-pyrrole nitrogens is 1. The Labute approximate surface area is 171 Å². The van der Waals surface area contributed by atoms with Gasteiger partial charge in [-0.05, 0) is 48.9 Å². The molecule has 1 N–H and O–H groups in total. The smallest absolute Gasteiger partial charge is 0.223 e. The number of benzene rings is 2. The van der Waals surface area contributed by atoms with Crippen LogP contribution in [-0.4, -0.2) is 55.1 Å². The van der Waals surface area contributed by atoms with Crippen molar-refractivity contribution in [3.05, 3.63) is 60.3 Å². The highest BCUT2D eigenvalue weighted by atomic mass is 16.2. The van der Waals surface area contributed by atoms with Gasteiger partial charge in [-0.25, -0.2) is 0 Å². The second-order valence-electron chi connectivity index (χ2n) is 8.25. The summed E-state index contributed by atoms with van der Waals surface area (Å²) in [6.45, 7) is 7.91. The number of fused-ring (bicyclic) bond motifs is 2.